The van der Waals surface area contributed by atoms with E-state index in [-0.39, 0.29) is 18.5 Å². The van der Waals surface area contributed by atoms with Crippen LogP contribution in [0.5, 0.6) is 0 Å². The minimum atomic E-state index is -1.12. The van der Waals surface area contributed by atoms with Gasteiger partial charge in [-0.15, -0.1) is 0 Å². The molecule has 0 radical (unpaired) electrons. The average Bonchev–Trinajstić information content (AvgIpc) is 1.60. The number of quaternary nitrogens is 1. The summed E-state index contributed by atoms with van der Waals surface area (Å²) in [5.41, 5.74) is -0.930. The predicted octanol–water partition coefficient (Wildman–Crippen LogP) is -0.0904. The van der Waals surface area contributed by atoms with Gasteiger partial charge in [-0.1, -0.05) is 6.92 Å². The van der Waals surface area contributed by atoms with E-state index in [4.69, 9.17) is 0 Å². The Morgan fingerprint density at radius 1 is 1.64 bits per heavy atom. The second kappa shape index (κ2) is 4.31. The minimum Gasteiger partial charge on any atom is -0.550 e. The van der Waals surface area contributed by atoms with Crippen molar-refractivity contribution < 1.29 is 15.0 Å². The van der Waals surface area contributed by atoms with E-state index >= 15 is 0 Å². The summed E-state index contributed by atoms with van der Waals surface area (Å²) in [5, 5.41) is 19.3. The highest BCUT2D eigenvalue weighted by molar-refractivity contribution is 5.64. The molecule has 5 N–H and O–H groups in total. The smallest absolute Gasteiger partial charge is 0.0620 e. The summed E-state index contributed by atoms with van der Waals surface area (Å²) in [4.78, 5) is 10.0. The molecule has 0 bridgehead atoms. The van der Waals surface area contributed by atoms with Gasteiger partial charge in [-0.2, -0.15) is 0 Å². The van der Waals surface area contributed by atoms with Crippen LogP contribution in [0.1, 0.15) is 27.2 Å². The fourth-order valence-electron chi connectivity index (χ4n) is 0.500. The third-order valence-corrected chi connectivity index (χ3v) is 1.68. The van der Waals surface area contributed by atoms with Crippen molar-refractivity contribution in [3.05, 3.63) is 0 Å². The molecule has 0 aliphatic carbocycles. The van der Waals surface area contributed by atoms with Gasteiger partial charge in [0.25, 0.3) is 0 Å². The molecule has 0 spiro atoms. The Morgan fingerprint density at radius 2 is 2.00 bits per heavy atom. The van der Waals surface area contributed by atoms with Gasteiger partial charge in [-0.3, -0.25) is 0 Å². The molecule has 1 unspecified atom stereocenters. The third-order valence-electron chi connectivity index (χ3n) is 1.68. The first-order valence-electron chi connectivity index (χ1n) is 3.26. The maximum Gasteiger partial charge on any atom is 0.0620 e. The first-order chi connectivity index (χ1) is 4.34. The molecule has 0 saturated heterocycles. The predicted molar refractivity (Wildman–Crippen MR) is 41.1 cm³/mol. The van der Waals surface area contributed by atoms with Crippen LogP contribution in [-0.2, 0) is 4.79 Å². The Balaban J connectivity index is 0. The van der Waals surface area contributed by atoms with Crippen molar-refractivity contribution in [3.63, 3.8) is 0 Å². The highest BCUT2D eigenvalue weighted by Gasteiger charge is 2.21. The van der Waals surface area contributed by atoms with Gasteiger partial charge in [0, 0.05) is 5.97 Å². The maximum atomic E-state index is 10.0. The molecule has 0 aliphatic rings. The fourth-order valence-corrected chi connectivity index (χ4v) is 0.500. The molecule has 0 aromatic heterocycles. The number of carboxylic acid groups (broad SMARTS) is 1. The first-order valence-corrected chi connectivity index (χ1v) is 3.26. The number of carboxylic acids is 1. The number of rotatable bonds is 3. The van der Waals surface area contributed by atoms with Gasteiger partial charge < -0.3 is 21.2 Å². The van der Waals surface area contributed by atoms with E-state index in [1.165, 1.54) is 0 Å². The second-order valence-corrected chi connectivity index (χ2v) is 3.13. The Labute approximate surface area is 66.8 Å². The molecule has 0 fully saturated rings. The molecule has 0 saturated carbocycles. The van der Waals surface area contributed by atoms with Crippen molar-refractivity contribution >= 4 is 5.97 Å². The van der Waals surface area contributed by atoms with E-state index in [1.54, 1.807) is 20.8 Å². The van der Waals surface area contributed by atoms with Crippen molar-refractivity contribution in [2.45, 2.75) is 32.8 Å². The molecule has 1 atom stereocenters. The Bertz CT molecular complexity index is 128. The molecule has 11 heavy (non-hydrogen) atoms. The van der Waals surface area contributed by atoms with Gasteiger partial charge >= 0.3 is 0 Å². The second-order valence-electron chi connectivity index (χ2n) is 3.13. The third kappa shape index (κ3) is 5.82. The largest absolute Gasteiger partial charge is 0.550 e. The fraction of sp³-hybridized carbons (Fsp3) is 0.857. The number of aliphatic carboxylic acids is 1. The normalized spacial score (nSPS) is 13.5. The van der Waals surface area contributed by atoms with Gasteiger partial charge in [-0.05, 0) is 26.2 Å². The summed E-state index contributed by atoms with van der Waals surface area (Å²) in [7, 11) is 0. The Kier molecular flexibility index (Phi) is 5.09. The van der Waals surface area contributed by atoms with Crippen LogP contribution in [0.4, 0.5) is 0 Å². The zero-order valence-corrected chi connectivity index (χ0v) is 7.55. The number of hydrogen-bond acceptors (Lipinski definition) is 3. The summed E-state index contributed by atoms with van der Waals surface area (Å²) in [6, 6.07) is 0. The Hall–Kier alpha value is -0.610. The van der Waals surface area contributed by atoms with Crippen molar-refractivity contribution in [2.75, 3.05) is 0 Å². The van der Waals surface area contributed by atoms with Crippen molar-refractivity contribution in [3.8, 4) is 0 Å². The lowest BCUT2D eigenvalue weighted by molar-refractivity contribution is -0.307. The van der Waals surface area contributed by atoms with Gasteiger partial charge in [-0.25, -0.2) is 0 Å². The van der Waals surface area contributed by atoms with Gasteiger partial charge in [0.05, 0.1) is 5.60 Å². The van der Waals surface area contributed by atoms with Crippen LogP contribution in [-0.4, -0.2) is 16.7 Å². The summed E-state index contributed by atoms with van der Waals surface area (Å²) in [6.07, 6.45) is -0.0938. The van der Waals surface area contributed by atoms with E-state index < -0.39 is 11.6 Å². The zero-order valence-electron chi connectivity index (χ0n) is 7.55. The van der Waals surface area contributed by atoms with E-state index in [9.17, 15) is 15.0 Å². The molecule has 0 aromatic carbocycles. The van der Waals surface area contributed by atoms with E-state index in [1.807, 2.05) is 0 Å². The lowest BCUT2D eigenvalue weighted by atomic mass is 9.90. The standard InChI is InChI=1S/C7H14O3.H3N/c1-5(4-6(8)9)7(2,3)10;/h5,10H,4H2,1-3H3,(H,8,9);1H3. The lowest BCUT2D eigenvalue weighted by Gasteiger charge is -2.25. The zero-order chi connectivity index (χ0) is 8.36. The monoisotopic (exact) mass is 163 g/mol. The molecular formula is C7H17NO3. The quantitative estimate of drug-likeness (QED) is 0.608. The topological polar surface area (TPSA) is 96.9 Å². The van der Waals surface area contributed by atoms with E-state index in [0.29, 0.717) is 0 Å². The number of carbonyl (C=O) groups excluding carboxylic acids is 1. The molecule has 0 amide bonds. The number of aliphatic hydroxyl groups is 1. The molecule has 0 aromatic rings. The summed E-state index contributed by atoms with van der Waals surface area (Å²) in [6.45, 7) is 4.84. The molecule has 4 nitrogen and oxygen atoms in total. The highest BCUT2D eigenvalue weighted by atomic mass is 16.4. The van der Waals surface area contributed by atoms with Gasteiger partial charge in [0.2, 0.25) is 0 Å². The van der Waals surface area contributed by atoms with Crippen LogP contribution in [0.15, 0.2) is 0 Å². The van der Waals surface area contributed by atoms with Crippen molar-refractivity contribution in [2.24, 2.45) is 5.92 Å². The molecular weight excluding hydrogens is 146 g/mol. The number of hydrogen-bond donors (Lipinski definition) is 2. The van der Waals surface area contributed by atoms with Crippen molar-refractivity contribution in [1.82, 2.24) is 6.15 Å². The molecule has 0 aliphatic heterocycles. The highest BCUT2D eigenvalue weighted by Crippen LogP contribution is 2.18. The van der Waals surface area contributed by atoms with Crippen LogP contribution < -0.4 is 11.3 Å². The summed E-state index contributed by atoms with van der Waals surface area (Å²) in [5.74, 6) is -1.38. The van der Waals surface area contributed by atoms with E-state index in [2.05, 4.69) is 0 Å². The van der Waals surface area contributed by atoms with Crippen LogP contribution in [0.2, 0.25) is 0 Å². The van der Waals surface area contributed by atoms with Crippen LogP contribution in [0.3, 0.4) is 0 Å². The van der Waals surface area contributed by atoms with Gasteiger partial charge in [0.15, 0.2) is 0 Å². The van der Waals surface area contributed by atoms with Gasteiger partial charge in [0.1, 0.15) is 0 Å². The molecule has 0 rings (SSSR count). The maximum absolute atomic E-state index is 10.0. The lowest BCUT2D eigenvalue weighted by Crippen LogP contribution is -2.34. The van der Waals surface area contributed by atoms with Crippen LogP contribution in [0, 0.1) is 5.92 Å². The van der Waals surface area contributed by atoms with E-state index in [0.717, 1.165) is 0 Å². The summed E-state index contributed by atoms with van der Waals surface area (Å²) < 4.78 is 0. The molecule has 4 heteroatoms. The average molecular weight is 163 g/mol. The minimum absolute atomic E-state index is 0. The first kappa shape index (κ1) is 13.0. The SMILES string of the molecule is CC(CC(=O)[O-])C(C)(C)O.[NH4+]. The molecule has 0 heterocycles. The Morgan fingerprint density at radius 3 is 2.09 bits per heavy atom. The summed E-state index contributed by atoms with van der Waals surface area (Å²) >= 11 is 0. The van der Waals surface area contributed by atoms with Crippen LogP contribution in [0.25, 0.3) is 0 Å². The van der Waals surface area contributed by atoms with Crippen LogP contribution >= 0.6 is 0 Å². The number of carbonyl (C=O) groups is 1. The van der Waals surface area contributed by atoms with Crippen molar-refractivity contribution in [1.29, 1.82) is 0 Å². The molecule has 68 valence electrons.